The average Bonchev–Trinajstić information content (AvgIpc) is 2.26. The molecule has 1 rings (SSSR count). The first-order valence-electron chi connectivity index (χ1n) is 6.46. The van der Waals surface area contributed by atoms with Crippen molar-refractivity contribution in [2.45, 2.75) is 32.9 Å². The quantitative estimate of drug-likeness (QED) is 0.549. The van der Waals surface area contributed by atoms with E-state index in [-0.39, 0.29) is 6.10 Å². The fourth-order valence-electron chi connectivity index (χ4n) is 1.76. The molecular weight excluding hydrogens is 216 g/mol. The van der Waals surface area contributed by atoms with Crippen molar-refractivity contribution in [2.24, 2.45) is 4.99 Å². The van der Waals surface area contributed by atoms with Gasteiger partial charge < -0.3 is 20.3 Å². The summed E-state index contributed by atoms with van der Waals surface area (Å²) in [6.07, 6.45) is 0.219. The summed E-state index contributed by atoms with van der Waals surface area (Å²) >= 11 is 0. The molecule has 0 aromatic rings. The van der Waals surface area contributed by atoms with Crippen LogP contribution >= 0.6 is 0 Å². The van der Waals surface area contributed by atoms with Gasteiger partial charge in [0.1, 0.15) is 0 Å². The summed E-state index contributed by atoms with van der Waals surface area (Å²) in [6.45, 7) is 10.7. The van der Waals surface area contributed by atoms with Crippen LogP contribution < -0.4 is 10.6 Å². The Bertz CT molecular complexity index is 243. The third-order valence-electron chi connectivity index (χ3n) is 2.56. The highest BCUT2D eigenvalue weighted by molar-refractivity contribution is 5.79. The van der Waals surface area contributed by atoms with Crippen LogP contribution in [0.3, 0.4) is 0 Å². The fraction of sp³-hybridized carbons (Fsp3) is 0.917. The Hall–Kier alpha value is -0.810. The molecule has 0 radical (unpaired) electrons. The zero-order valence-corrected chi connectivity index (χ0v) is 11.5. The topological polar surface area (TPSA) is 48.9 Å². The van der Waals surface area contributed by atoms with Crippen molar-refractivity contribution in [1.29, 1.82) is 0 Å². The Labute approximate surface area is 105 Å². The van der Waals surface area contributed by atoms with Gasteiger partial charge >= 0.3 is 0 Å². The van der Waals surface area contributed by atoms with E-state index in [4.69, 9.17) is 4.74 Å². The van der Waals surface area contributed by atoms with E-state index >= 15 is 0 Å². The van der Waals surface area contributed by atoms with E-state index in [1.807, 2.05) is 0 Å². The van der Waals surface area contributed by atoms with Crippen LogP contribution in [0.5, 0.6) is 0 Å². The number of likely N-dealkylation sites (N-methyl/N-ethyl adjacent to an activating group) is 1. The van der Waals surface area contributed by atoms with Gasteiger partial charge in [0.2, 0.25) is 0 Å². The molecule has 100 valence electrons. The molecule has 0 aromatic heterocycles. The lowest BCUT2D eigenvalue weighted by Gasteiger charge is -2.29. The second kappa shape index (κ2) is 7.50. The van der Waals surface area contributed by atoms with Crippen molar-refractivity contribution in [3.63, 3.8) is 0 Å². The number of guanidine groups is 1. The van der Waals surface area contributed by atoms with E-state index < -0.39 is 0 Å². The van der Waals surface area contributed by atoms with Crippen molar-refractivity contribution in [3.05, 3.63) is 0 Å². The summed E-state index contributed by atoms with van der Waals surface area (Å²) in [5, 5.41) is 6.54. The van der Waals surface area contributed by atoms with Crippen LogP contribution in [-0.4, -0.2) is 62.8 Å². The van der Waals surface area contributed by atoms with Crippen LogP contribution in [0.1, 0.15) is 20.8 Å². The lowest BCUT2D eigenvalue weighted by Crippen LogP contribution is -2.44. The van der Waals surface area contributed by atoms with Gasteiger partial charge in [-0.2, -0.15) is 0 Å². The standard InChI is InChI=1S/C12H26N4O/c1-5-13-12(15-10(2)3)14-8-11-9-16(4)6-7-17-11/h10-11H,5-9H2,1-4H3,(H2,13,14,15). The van der Waals surface area contributed by atoms with Gasteiger partial charge in [0.15, 0.2) is 5.96 Å². The van der Waals surface area contributed by atoms with Crippen LogP contribution in [0.25, 0.3) is 0 Å². The highest BCUT2D eigenvalue weighted by Gasteiger charge is 2.17. The monoisotopic (exact) mass is 242 g/mol. The molecule has 1 unspecified atom stereocenters. The third kappa shape index (κ3) is 5.89. The molecule has 0 aromatic carbocycles. The molecule has 1 atom stereocenters. The number of hydrogen-bond donors (Lipinski definition) is 2. The van der Waals surface area contributed by atoms with Crippen molar-refractivity contribution in [1.82, 2.24) is 15.5 Å². The van der Waals surface area contributed by atoms with E-state index in [1.165, 1.54) is 0 Å². The Kier molecular flexibility index (Phi) is 6.29. The van der Waals surface area contributed by atoms with Crippen LogP contribution in [0.2, 0.25) is 0 Å². The van der Waals surface area contributed by atoms with Crippen molar-refractivity contribution < 1.29 is 4.74 Å². The highest BCUT2D eigenvalue weighted by atomic mass is 16.5. The van der Waals surface area contributed by atoms with Gasteiger partial charge in [-0.3, -0.25) is 4.99 Å². The molecule has 1 aliphatic rings. The number of hydrogen-bond acceptors (Lipinski definition) is 3. The van der Waals surface area contributed by atoms with Crippen LogP contribution in [0.4, 0.5) is 0 Å². The number of rotatable bonds is 4. The van der Waals surface area contributed by atoms with Gasteiger partial charge in [-0.05, 0) is 27.8 Å². The highest BCUT2D eigenvalue weighted by Crippen LogP contribution is 2.02. The van der Waals surface area contributed by atoms with Gasteiger partial charge in [0.25, 0.3) is 0 Å². The first-order chi connectivity index (χ1) is 8.11. The Morgan fingerprint density at radius 1 is 1.53 bits per heavy atom. The molecule has 1 aliphatic heterocycles. The number of ether oxygens (including phenoxy) is 1. The lowest BCUT2D eigenvalue weighted by atomic mass is 10.3. The van der Waals surface area contributed by atoms with Crippen molar-refractivity contribution >= 4 is 5.96 Å². The Morgan fingerprint density at radius 3 is 2.88 bits per heavy atom. The number of aliphatic imine (C=N–C) groups is 1. The van der Waals surface area contributed by atoms with Crippen molar-refractivity contribution in [3.8, 4) is 0 Å². The van der Waals surface area contributed by atoms with Gasteiger partial charge in [-0.15, -0.1) is 0 Å². The van der Waals surface area contributed by atoms with Gasteiger partial charge in [0, 0.05) is 25.7 Å². The Balaban J connectivity index is 2.41. The molecule has 0 saturated carbocycles. The first-order valence-corrected chi connectivity index (χ1v) is 6.46. The summed E-state index contributed by atoms with van der Waals surface area (Å²) in [7, 11) is 2.12. The van der Waals surface area contributed by atoms with Crippen LogP contribution in [-0.2, 0) is 4.74 Å². The summed E-state index contributed by atoms with van der Waals surface area (Å²) in [5.74, 6) is 0.874. The summed E-state index contributed by atoms with van der Waals surface area (Å²) in [6, 6.07) is 0.391. The predicted octanol–water partition coefficient (Wildman–Crippen LogP) is 0.281. The smallest absolute Gasteiger partial charge is 0.191 e. The first kappa shape index (κ1) is 14.3. The predicted molar refractivity (Wildman–Crippen MR) is 71.5 cm³/mol. The van der Waals surface area contributed by atoms with E-state index in [0.29, 0.717) is 12.6 Å². The molecule has 0 bridgehead atoms. The molecule has 5 nitrogen and oxygen atoms in total. The SMILES string of the molecule is CCNC(=NCC1CN(C)CCO1)NC(C)C. The molecule has 0 aliphatic carbocycles. The number of nitrogens with zero attached hydrogens (tertiary/aromatic N) is 2. The maximum atomic E-state index is 5.68. The van der Waals surface area contributed by atoms with Gasteiger partial charge in [-0.25, -0.2) is 0 Å². The van der Waals surface area contributed by atoms with E-state index in [9.17, 15) is 0 Å². The molecule has 1 saturated heterocycles. The zero-order valence-electron chi connectivity index (χ0n) is 11.5. The minimum absolute atomic E-state index is 0.219. The maximum Gasteiger partial charge on any atom is 0.191 e. The molecule has 1 fully saturated rings. The largest absolute Gasteiger partial charge is 0.374 e. The second-order valence-corrected chi connectivity index (χ2v) is 4.77. The van der Waals surface area contributed by atoms with Crippen molar-refractivity contribution in [2.75, 3.05) is 39.8 Å². The zero-order chi connectivity index (χ0) is 12.7. The minimum atomic E-state index is 0.219. The molecule has 17 heavy (non-hydrogen) atoms. The molecule has 1 heterocycles. The van der Waals surface area contributed by atoms with E-state index in [1.54, 1.807) is 0 Å². The third-order valence-corrected chi connectivity index (χ3v) is 2.56. The number of nitrogens with one attached hydrogen (secondary N) is 2. The van der Waals surface area contributed by atoms with E-state index in [0.717, 1.165) is 32.2 Å². The molecular formula is C12H26N4O. The normalized spacial score (nSPS) is 22.9. The Morgan fingerprint density at radius 2 is 2.29 bits per heavy atom. The fourth-order valence-corrected chi connectivity index (χ4v) is 1.76. The molecule has 2 N–H and O–H groups in total. The van der Waals surface area contributed by atoms with E-state index in [2.05, 4.69) is 48.3 Å². The average molecular weight is 242 g/mol. The molecule has 0 spiro atoms. The number of morpholine rings is 1. The second-order valence-electron chi connectivity index (χ2n) is 4.77. The van der Waals surface area contributed by atoms with Gasteiger partial charge in [-0.1, -0.05) is 0 Å². The summed E-state index contributed by atoms with van der Waals surface area (Å²) in [4.78, 5) is 6.84. The summed E-state index contributed by atoms with van der Waals surface area (Å²) < 4.78 is 5.68. The lowest BCUT2D eigenvalue weighted by molar-refractivity contribution is -0.0136. The summed E-state index contributed by atoms with van der Waals surface area (Å²) in [5.41, 5.74) is 0. The minimum Gasteiger partial charge on any atom is -0.374 e. The molecule has 0 amide bonds. The van der Waals surface area contributed by atoms with Crippen LogP contribution in [0.15, 0.2) is 4.99 Å². The van der Waals surface area contributed by atoms with Crippen LogP contribution in [0, 0.1) is 0 Å². The molecule has 5 heteroatoms. The van der Waals surface area contributed by atoms with Gasteiger partial charge in [0.05, 0.1) is 19.3 Å². The maximum absolute atomic E-state index is 5.68.